The standard InChI is InChI=1S/C18H24N2O3S/c1-12(21)23-18(2,3)17(22)19-10-15(20(4)5)14-11-24-16-9-7-6-8-13(14)16/h6-9,11,15H,10H2,1-5H3,(H,19,22)/t15-/m1/s1. The zero-order valence-electron chi connectivity index (χ0n) is 14.8. The van der Waals surface area contributed by atoms with Crippen molar-refractivity contribution in [1.82, 2.24) is 10.2 Å². The Bertz CT molecular complexity index is 737. The molecule has 2 rings (SSSR count). The molecule has 0 aliphatic rings. The first-order chi connectivity index (χ1) is 11.2. The quantitative estimate of drug-likeness (QED) is 0.816. The number of amides is 1. The van der Waals surface area contributed by atoms with Crippen LogP contribution in [0.15, 0.2) is 29.6 Å². The van der Waals surface area contributed by atoms with Crippen LogP contribution in [0.2, 0.25) is 0 Å². The summed E-state index contributed by atoms with van der Waals surface area (Å²) in [7, 11) is 3.97. The van der Waals surface area contributed by atoms with E-state index in [1.165, 1.54) is 22.6 Å². The Kier molecular flexibility index (Phi) is 5.62. The van der Waals surface area contributed by atoms with E-state index in [9.17, 15) is 9.59 Å². The number of ether oxygens (including phenoxy) is 1. The number of carbonyl (C=O) groups excluding carboxylic acids is 2. The number of carbonyl (C=O) groups is 2. The molecule has 0 fully saturated rings. The maximum atomic E-state index is 12.4. The van der Waals surface area contributed by atoms with Gasteiger partial charge < -0.3 is 15.0 Å². The van der Waals surface area contributed by atoms with Crippen LogP contribution in [-0.2, 0) is 14.3 Å². The van der Waals surface area contributed by atoms with Crippen LogP contribution in [0.3, 0.4) is 0 Å². The summed E-state index contributed by atoms with van der Waals surface area (Å²) in [5, 5.41) is 6.25. The van der Waals surface area contributed by atoms with Gasteiger partial charge in [-0.05, 0) is 50.3 Å². The van der Waals surface area contributed by atoms with E-state index in [4.69, 9.17) is 4.74 Å². The van der Waals surface area contributed by atoms with Gasteiger partial charge in [0.25, 0.3) is 5.91 Å². The molecule has 0 aliphatic heterocycles. The summed E-state index contributed by atoms with van der Waals surface area (Å²) >= 11 is 1.70. The van der Waals surface area contributed by atoms with Gasteiger partial charge in [0.2, 0.25) is 0 Å². The molecule has 0 unspecified atom stereocenters. The number of rotatable bonds is 6. The molecule has 1 heterocycles. The molecule has 2 aromatic rings. The second-order valence-corrected chi connectivity index (χ2v) is 7.39. The van der Waals surface area contributed by atoms with Crippen LogP contribution in [0.25, 0.3) is 10.1 Å². The zero-order valence-corrected chi connectivity index (χ0v) is 15.6. The van der Waals surface area contributed by atoms with Gasteiger partial charge in [-0.2, -0.15) is 0 Å². The predicted molar refractivity (Wildman–Crippen MR) is 97.1 cm³/mol. The van der Waals surface area contributed by atoms with Gasteiger partial charge >= 0.3 is 5.97 Å². The molecule has 0 bridgehead atoms. The molecule has 1 aromatic carbocycles. The van der Waals surface area contributed by atoms with Crippen LogP contribution in [-0.4, -0.2) is 43.0 Å². The summed E-state index contributed by atoms with van der Waals surface area (Å²) < 4.78 is 6.32. The lowest BCUT2D eigenvalue weighted by molar-refractivity contribution is -0.163. The van der Waals surface area contributed by atoms with Crippen molar-refractivity contribution >= 4 is 33.3 Å². The summed E-state index contributed by atoms with van der Waals surface area (Å²) in [6, 6.07) is 8.28. The molecule has 1 amide bonds. The van der Waals surface area contributed by atoms with E-state index in [1.54, 1.807) is 25.2 Å². The van der Waals surface area contributed by atoms with Gasteiger partial charge in [0.05, 0.1) is 6.04 Å². The monoisotopic (exact) mass is 348 g/mol. The summed E-state index contributed by atoms with van der Waals surface area (Å²) in [4.78, 5) is 25.6. The van der Waals surface area contributed by atoms with E-state index in [0.717, 1.165) is 0 Å². The topological polar surface area (TPSA) is 58.6 Å². The molecule has 24 heavy (non-hydrogen) atoms. The fraction of sp³-hybridized carbons (Fsp3) is 0.444. The van der Waals surface area contributed by atoms with Crippen molar-refractivity contribution in [2.45, 2.75) is 32.4 Å². The summed E-state index contributed by atoms with van der Waals surface area (Å²) in [6.07, 6.45) is 0. The van der Waals surface area contributed by atoms with Crippen molar-refractivity contribution in [3.63, 3.8) is 0 Å². The van der Waals surface area contributed by atoms with E-state index in [0.29, 0.717) is 6.54 Å². The third-order valence-corrected chi connectivity index (χ3v) is 4.88. The molecule has 0 spiro atoms. The van der Waals surface area contributed by atoms with Crippen molar-refractivity contribution in [1.29, 1.82) is 0 Å². The highest BCUT2D eigenvalue weighted by molar-refractivity contribution is 7.17. The van der Waals surface area contributed by atoms with Gasteiger partial charge in [-0.1, -0.05) is 18.2 Å². The van der Waals surface area contributed by atoms with Crippen molar-refractivity contribution in [3.05, 3.63) is 35.2 Å². The number of benzene rings is 1. The third-order valence-electron chi connectivity index (χ3n) is 3.89. The molecule has 6 heteroatoms. The van der Waals surface area contributed by atoms with Crippen molar-refractivity contribution in [2.24, 2.45) is 0 Å². The number of nitrogens with one attached hydrogen (secondary N) is 1. The molecule has 0 aliphatic carbocycles. The Labute approximate surface area is 146 Å². The Morgan fingerprint density at radius 2 is 1.96 bits per heavy atom. The van der Waals surface area contributed by atoms with E-state index in [-0.39, 0.29) is 11.9 Å². The van der Waals surface area contributed by atoms with Gasteiger partial charge in [-0.15, -0.1) is 11.3 Å². The number of fused-ring (bicyclic) bond motifs is 1. The largest absolute Gasteiger partial charge is 0.450 e. The normalized spacial score (nSPS) is 13.1. The van der Waals surface area contributed by atoms with E-state index >= 15 is 0 Å². The highest BCUT2D eigenvalue weighted by Gasteiger charge is 2.31. The maximum Gasteiger partial charge on any atom is 0.303 e. The van der Waals surface area contributed by atoms with Gasteiger partial charge in [0, 0.05) is 18.2 Å². The SMILES string of the molecule is CC(=O)OC(C)(C)C(=O)NC[C@H](c1csc2ccccc12)N(C)C. The number of thiophene rings is 1. The fourth-order valence-corrected chi connectivity index (χ4v) is 3.64. The van der Waals surface area contributed by atoms with E-state index in [2.05, 4.69) is 27.7 Å². The zero-order chi connectivity index (χ0) is 17.9. The molecule has 130 valence electrons. The molecule has 1 atom stereocenters. The number of hydrogen-bond donors (Lipinski definition) is 1. The Morgan fingerprint density at radius 1 is 1.29 bits per heavy atom. The van der Waals surface area contributed by atoms with Crippen LogP contribution in [0, 0.1) is 0 Å². The Balaban J connectivity index is 2.15. The van der Waals surface area contributed by atoms with Crippen LogP contribution in [0.4, 0.5) is 0 Å². The lowest BCUT2D eigenvalue weighted by Crippen LogP contribution is -2.47. The lowest BCUT2D eigenvalue weighted by atomic mass is 10.0. The van der Waals surface area contributed by atoms with Gasteiger partial charge in [0.1, 0.15) is 0 Å². The maximum absolute atomic E-state index is 12.4. The average molecular weight is 348 g/mol. The molecule has 0 saturated carbocycles. The first-order valence-corrected chi connectivity index (χ1v) is 8.71. The van der Waals surface area contributed by atoms with Gasteiger partial charge in [-0.3, -0.25) is 9.59 Å². The minimum atomic E-state index is -1.18. The summed E-state index contributed by atoms with van der Waals surface area (Å²) in [5.74, 6) is -0.771. The second kappa shape index (κ2) is 7.32. The molecule has 0 saturated heterocycles. The van der Waals surface area contributed by atoms with Crippen molar-refractivity contribution < 1.29 is 14.3 Å². The highest BCUT2D eigenvalue weighted by Crippen LogP contribution is 2.32. The van der Waals surface area contributed by atoms with Crippen molar-refractivity contribution in [3.8, 4) is 0 Å². The molecule has 0 radical (unpaired) electrons. The molecular formula is C18H24N2O3S. The average Bonchev–Trinajstić information content (AvgIpc) is 2.89. The molecular weight excluding hydrogens is 324 g/mol. The highest BCUT2D eigenvalue weighted by atomic mass is 32.1. The molecule has 1 aromatic heterocycles. The molecule has 1 N–H and O–H groups in total. The predicted octanol–water partition coefficient (Wildman–Crippen LogP) is 2.96. The van der Waals surface area contributed by atoms with E-state index in [1.807, 2.05) is 26.2 Å². The first kappa shape index (κ1) is 18.4. The van der Waals surface area contributed by atoms with Gasteiger partial charge in [-0.25, -0.2) is 0 Å². The van der Waals surface area contributed by atoms with Crippen LogP contribution in [0.1, 0.15) is 32.4 Å². The summed E-state index contributed by atoms with van der Waals surface area (Å²) in [5.41, 5.74) is 0.00515. The van der Waals surface area contributed by atoms with Gasteiger partial charge in [0.15, 0.2) is 5.60 Å². The van der Waals surface area contributed by atoms with Crippen LogP contribution in [0.5, 0.6) is 0 Å². The fourth-order valence-electron chi connectivity index (χ4n) is 2.63. The number of esters is 1. The molecule has 5 nitrogen and oxygen atoms in total. The van der Waals surface area contributed by atoms with Crippen LogP contribution < -0.4 is 5.32 Å². The lowest BCUT2D eigenvalue weighted by Gasteiger charge is -2.28. The van der Waals surface area contributed by atoms with Crippen molar-refractivity contribution in [2.75, 3.05) is 20.6 Å². The third kappa shape index (κ3) is 4.13. The smallest absolute Gasteiger partial charge is 0.303 e. The Morgan fingerprint density at radius 3 is 2.58 bits per heavy atom. The Hall–Kier alpha value is -1.92. The number of likely N-dealkylation sites (N-methyl/N-ethyl adjacent to an activating group) is 1. The minimum Gasteiger partial charge on any atom is -0.450 e. The first-order valence-electron chi connectivity index (χ1n) is 7.83. The summed E-state index contributed by atoms with van der Waals surface area (Å²) in [6.45, 7) is 4.93. The minimum absolute atomic E-state index is 0.0400. The van der Waals surface area contributed by atoms with Crippen LogP contribution >= 0.6 is 11.3 Å². The number of nitrogens with zero attached hydrogens (tertiary/aromatic N) is 1. The van der Waals surface area contributed by atoms with E-state index < -0.39 is 11.6 Å². The number of hydrogen-bond acceptors (Lipinski definition) is 5. The second-order valence-electron chi connectivity index (χ2n) is 6.48.